The predicted octanol–water partition coefficient (Wildman–Crippen LogP) is 7.52. The van der Waals surface area contributed by atoms with Crippen molar-refractivity contribution in [2.45, 2.75) is 59.3 Å². The Balaban J connectivity index is 0.00000247. The summed E-state index contributed by atoms with van der Waals surface area (Å²) in [4.78, 5) is 29.3. The van der Waals surface area contributed by atoms with Crippen molar-refractivity contribution in [1.29, 1.82) is 0 Å². The van der Waals surface area contributed by atoms with Crippen LogP contribution in [0.3, 0.4) is 0 Å². The van der Waals surface area contributed by atoms with E-state index in [9.17, 15) is 9.59 Å². The predicted molar refractivity (Wildman–Crippen MR) is 160 cm³/mol. The molecule has 0 saturated heterocycles. The minimum absolute atomic E-state index is 0.155. The standard InChI is InChI=1S/C28H32Cl2N4O2.C2H6/c1-2-21(11-6-7-18-32-27(35)20-9-4-3-5-10-20)33-26(31)19-14-16-22(17-15-19)34-28(36)25-23(29)12-8-13-24(25)30;1-2/h2,6-8,12-17,20H,3-5,9-11,18H2,1H3,(H2,31,33)(H,32,35)(H,34,36);1-2H3/b7-6-,21-2+;. The molecule has 2 aromatic rings. The third kappa shape index (κ3) is 9.66. The van der Waals surface area contributed by atoms with Crippen LogP contribution in [0.25, 0.3) is 0 Å². The fourth-order valence-electron chi connectivity index (χ4n) is 4.04. The first-order valence-electron chi connectivity index (χ1n) is 13.2. The van der Waals surface area contributed by atoms with Crippen LogP contribution in [0.4, 0.5) is 5.69 Å². The molecule has 0 spiro atoms. The highest BCUT2D eigenvalue weighted by atomic mass is 35.5. The number of aliphatic imine (C=N–C) groups is 1. The second kappa shape index (κ2) is 16.7. The van der Waals surface area contributed by atoms with Crippen LogP contribution >= 0.6 is 23.2 Å². The fourth-order valence-corrected chi connectivity index (χ4v) is 4.61. The Kier molecular flexibility index (Phi) is 13.7. The van der Waals surface area contributed by atoms with Crippen LogP contribution in [0, 0.1) is 5.92 Å². The summed E-state index contributed by atoms with van der Waals surface area (Å²) in [6, 6.07) is 12.0. The summed E-state index contributed by atoms with van der Waals surface area (Å²) in [5.41, 5.74) is 8.56. The van der Waals surface area contributed by atoms with Crippen molar-refractivity contribution in [2.75, 3.05) is 11.9 Å². The number of amidine groups is 1. The summed E-state index contributed by atoms with van der Waals surface area (Å²) in [5, 5.41) is 6.35. The maximum Gasteiger partial charge on any atom is 0.258 e. The zero-order valence-corrected chi connectivity index (χ0v) is 23.9. The number of carbonyl (C=O) groups excluding carboxylic acids is 2. The van der Waals surface area contributed by atoms with E-state index in [2.05, 4.69) is 15.6 Å². The lowest BCUT2D eigenvalue weighted by atomic mass is 9.89. The SMILES string of the molecule is C/C=C(\C/C=C\CNC(=O)C1CCCCC1)N=C(N)c1ccc(NC(=O)c2c(Cl)cccc2Cl)cc1.CC. The highest BCUT2D eigenvalue weighted by molar-refractivity contribution is 6.40. The molecule has 1 aliphatic carbocycles. The van der Waals surface area contributed by atoms with Gasteiger partial charge in [-0.2, -0.15) is 0 Å². The van der Waals surface area contributed by atoms with Gasteiger partial charge in [0.15, 0.2) is 0 Å². The number of nitrogens with one attached hydrogen (secondary N) is 2. The molecule has 38 heavy (non-hydrogen) atoms. The van der Waals surface area contributed by atoms with E-state index in [1.165, 1.54) is 6.42 Å². The van der Waals surface area contributed by atoms with Gasteiger partial charge in [0.2, 0.25) is 5.91 Å². The number of rotatable bonds is 9. The third-order valence-corrected chi connectivity index (χ3v) is 6.72. The summed E-state index contributed by atoms with van der Waals surface area (Å²) in [5.74, 6) is 0.297. The smallest absolute Gasteiger partial charge is 0.258 e. The average molecular weight is 558 g/mol. The minimum atomic E-state index is -0.391. The molecule has 204 valence electrons. The lowest BCUT2D eigenvalue weighted by molar-refractivity contribution is -0.125. The fraction of sp³-hybridized carbons (Fsp3) is 0.367. The molecule has 4 N–H and O–H groups in total. The Bertz CT molecular complexity index is 1130. The molecule has 0 radical (unpaired) electrons. The monoisotopic (exact) mass is 556 g/mol. The molecular formula is C30H38Cl2N4O2. The molecule has 6 nitrogen and oxygen atoms in total. The molecule has 1 fully saturated rings. The number of allylic oxidation sites excluding steroid dienone is 2. The van der Waals surface area contributed by atoms with Crippen LogP contribution in [-0.4, -0.2) is 24.2 Å². The molecule has 0 unspecified atom stereocenters. The largest absolute Gasteiger partial charge is 0.383 e. The Morgan fingerprint density at radius 2 is 1.63 bits per heavy atom. The van der Waals surface area contributed by atoms with Crippen LogP contribution in [0.5, 0.6) is 0 Å². The van der Waals surface area contributed by atoms with Gasteiger partial charge in [0.25, 0.3) is 5.91 Å². The van der Waals surface area contributed by atoms with Crippen LogP contribution in [-0.2, 0) is 4.79 Å². The molecule has 2 aromatic carbocycles. The third-order valence-electron chi connectivity index (χ3n) is 6.09. The van der Waals surface area contributed by atoms with E-state index in [4.69, 9.17) is 28.9 Å². The summed E-state index contributed by atoms with van der Waals surface area (Å²) in [6.07, 6.45) is 11.9. The lowest BCUT2D eigenvalue weighted by Crippen LogP contribution is -2.31. The molecule has 0 aliphatic heterocycles. The number of nitrogens with two attached hydrogens (primary N) is 1. The molecule has 0 aromatic heterocycles. The van der Waals surface area contributed by atoms with Gasteiger partial charge < -0.3 is 16.4 Å². The highest BCUT2D eigenvalue weighted by Crippen LogP contribution is 2.25. The van der Waals surface area contributed by atoms with Crippen molar-refractivity contribution in [3.8, 4) is 0 Å². The van der Waals surface area contributed by atoms with E-state index in [1.807, 2.05) is 39.0 Å². The molecule has 2 amide bonds. The number of halogens is 2. The Hall–Kier alpha value is -3.09. The van der Waals surface area contributed by atoms with Crippen LogP contribution < -0.4 is 16.4 Å². The zero-order chi connectivity index (χ0) is 27.9. The van der Waals surface area contributed by atoms with Crippen molar-refractivity contribution in [3.05, 3.63) is 87.6 Å². The van der Waals surface area contributed by atoms with Crippen molar-refractivity contribution in [1.82, 2.24) is 5.32 Å². The second-order valence-corrected chi connectivity index (χ2v) is 9.48. The molecule has 3 rings (SSSR count). The first-order chi connectivity index (χ1) is 18.4. The molecule has 1 aliphatic rings. The Labute approximate surface area is 236 Å². The van der Waals surface area contributed by atoms with Gasteiger partial charge in [-0.25, -0.2) is 4.99 Å². The molecular weight excluding hydrogens is 519 g/mol. The van der Waals surface area contributed by atoms with Gasteiger partial charge >= 0.3 is 0 Å². The Morgan fingerprint density at radius 1 is 1.00 bits per heavy atom. The first kappa shape index (κ1) is 31.1. The van der Waals surface area contributed by atoms with Gasteiger partial charge in [-0.15, -0.1) is 0 Å². The second-order valence-electron chi connectivity index (χ2n) is 8.66. The minimum Gasteiger partial charge on any atom is -0.383 e. The molecule has 1 saturated carbocycles. The lowest BCUT2D eigenvalue weighted by Gasteiger charge is -2.20. The zero-order valence-electron chi connectivity index (χ0n) is 22.4. The summed E-state index contributed by atoms with van der Waals surface area (Å²) in [7, 11) is 0. The van der Waals surface area contributed by atoms with E-state index in [-0.39, 0.29) is 27.4 Å². The van der Waals surface area contributed by atoms with E-state index in [0.29, 0.717) is 24.5 Å². The maximum absolute atomic E-state index is 12.6. The van der Waals surface area contributed by atoms with E-state index in [0.717, 1.165) is 36.9 Å². The highest BCUT2D eigenvalue weighted by Gasteiger charge is 2.20. The first-order valence-corrected chi connectivity index (χ1v) is 13.9. The quantitative estimate of drug-likeness (QED) is 0.169. The maximum atomic E-state index is 12.6. The van der Waals surface area contributed by atoms with Crippen molar-refractivity contribution in [2.24, 2.45) is 16.6 Å². The van der Waals surface area contributed by atoms with Crippen LogP contribution in [0.2, 0.25) is 10.0 Å². The number of benzene rings is 2. The van der Waals surface area contributed by atoms with Gasteiger partial charge in [0.05, 0.1) is 15.6 Å². The summed E-state index contributed by atoms with van der Waals surface area (Å²) < 4.78 is 0. The number of anilines is 1. The van der Waals surface area contributed by atoms with Gasteiger partial charge in [-0.1, -0.05) is 80.6 Å². The van der Waals surface area contributed by atoms with Crippen molar-refractivity contribution in [3.63, 3.8) is 0 Å². The molecule has 8 heteroatoms. The van der Waals surface area contributed by atoms with Crippen molar-refractivity contribution >= 4 is 46.5 Å². The average Bonchev–Trinajstić information content (AvgIpc) is 2.94. The van der Waals surface area contributed by atoms with Gasteiger partial charge in [-0.05, 0) is 56.2 Å². The molecule has 0 heterocycles. The number of carbonyl (C=O) groups is 2. The van der Waals surface area contributed by atoms with E-state index < -0.39 is 5.91 Å². The van der Waals surface area contributed by atoms with Gasteiger partial charge in [0.1, 0.15) is 5.84 Å². The number of amides is 2. The number of hydrogen-bond acceptors (Lipinski definition) is 3. The summed E-state index contributed by atoms with van der Waals surface area (Å²) in [6.45, 7) is 6.42. The van der Waals surface area contributed by atoms with Crippen LogP contribution in [0.15, 0.2) is 71.4 Å². The molecule has 0 bridgehead atoms. The van der Waals surface area contributed by atoms with Crippen LogP contribution in [0.1, 0.15) is 75.2 Å². The summed E-state index contributed by atoms with van der Waals surface area (Å²) >= 11 is 12.2. The topological polar surface area (TPSA) is 96.6 Å². The van der Waals surface area contributed by atoms with E-state index >= 15 is 0 Å². The normalized spacial score (nSPS) is 14.6. The van der Waals surface area contributed by atoms with Crippen molar-refractivity contribution < 1.29 is 9.59 Å². The van der Waals surface area contributed by atoms with E-state index in [1.54, 1.807) is 42.5 Å². The van der Waals surface area contributed by atoms with Gasteiger partial charge in [-0.3, -0.25) is 9.59 Å². The number of hydrogen-bond donors (Lipinski definition) is 3. The van der Waals surface area contributed by atoms with Gasteiger partial charge in [0, 0.05) is 35.8 Å². The molecule has 0 atom stereocenters. The number of nitrogens with zero attached hydrogens (tertiary/aromatic N) is 1. The Morgan fingerprint density at radius 3 is 2.24 bits per heavy atom.